The lowest BCUT2D eigenvalue weighted by atomic mass is 10.0. The molecule has 23 heavy (non-hydrogen) atoms. The van der Waals surface area contributed by atoms with Crippen LogP contribution in [0.15, 0.2) is 30.6 Å². The van der Waals surface area contributed by atoms with Crippen LogP contribution in [0.5, 0.6) is 0 Å². The number of aromatic nitrogens is 2. The minimum atomic E-state index is -0.0335. The van der Waals surface area contributed by atoms with Crippen molar-refractivity contribution in [2.45, 2.75) is 31.8 Å². The number of hydrogen-bond donors (Lipinski definition) is 2. The fourth-order valence-electron chi connectivity index (χ4n) is 2.51. The first-order valence-corrected chi connectivity index (χ1v) is 7.95. The quantitative estimate of drug-likeness (QED) is 0.866. The number of carbonyl (C=O) groups is 1. The van der Waals surface area contributed by atoms with Crippen molar-refractivity contribution in [2.75, 3.05) is 6.54 Å². The molecule has 8 heteroatoms. The van der Waals surface area contributed by atoms with Crippen molar-refractivity contribution in [3.63, 3.8) is 0 Å². The molecular formula is C15H20Cl2N4OS. The molecule has 2 aromatic heterocycles. The number of rotatable bonds is 3. The lowest BCUT2D eigenvalue weighted by Gasteiger charge is -2.28. The summed E-state index contributed by atoms with van der Waals surface area (Å²) in [5.74, 6) is -0.0335. The van der Waals surface area contributed by atoms with Gasteiger partial charge in [0.25, 0.3) is 5.91 Å². The van der Waals surface area contributed by atoms with E-state index in [1.54, 1.807) is 12.4 Å². The van der Waals surface area contributed by atoms with E-state index in [4.69, 9.17) is 0 Å². The van der Waals surface area contributed by atoms with Crippen LogP contribution in [-0.2, 0) is 0 Å². The molecule has 1 fully saturated rings. The fourth-order valence-corrected chi connectivity index (χ4v) is 3.30. The van der Waals surface area contributed by atoms with E-state index < -0.39 is 0 Å². The highest BCUT2D eigenvalue weighted by Crippen LogP contribution is 2.23. The highest BCUT2D eigenvalue weighted by atomic mass is 35.5. The molecule has 1 aliphatic heterocycles. The van der Waals surface area contributed by atoms with Gasteiger partial charge in [0, 0.05) is 18.3 Å². The van der Waals surface area contributed by atoms with E-state index >= 15 is 0 Å². The average molecular weight is 375 g/mol. The van der Waals surface area contributed by atoms with Gasteiger partial charge in [-0.1, -0.05) is 6.07 Å². The van der Waals surface area contributed by atoms with Crippen LogP contribution in [0.4, 0.5) is 0 Å². The molecule has 1 aliphatic rings. The van der Waals surface area contributed by atoms with Crippen LogP contribution in [0.1, 0.15) is 29.4 Å². The Bertz CT molecular complexity index is 623. The molecule has 5 nitrogen and oxygen atoms in total. The van der Waals surface area contributed by atoms with Crippen molar-refractivity contribution in [3.8, 4) is 10.7 Å². The Hall–Kier alpha value is -1.21. The third-order valence-electron chi connectivity index (χ3n) is 3.57. The van der Waals surface area contributed by atoms with E-state index in [2.05, 4.69) is 27.5 Å². The second-order valence-corrected chi connectivity index (χ2v) is 6.33. The summed E-state index contributed by atoms with van der Waals surface area (Å²) in [7, 11) is 0. The number of halogens is 2. The third-order valence-corrected chi connectivity index (χ3v) is 4.59. The molecule has 0 radical (unpaired) electrons. The summed E-state index contributed by atoms with van der Waals surface area (Å²) in [5.41, 5.74) is 0.803. The highest BCUT2D eigenvalue weighted by Gasteiger charge is 2.21. The van der Waals surface area contributed by atoms with Crippen molar-refractivity contribution >= 4 is 42.1 Å². The zero-order chi connectivity index (χ0) is 14.7. The predicted molar refractivity (Wildman–Crippen MR) is 97.8 cm³/mol. The molecular weight excluding hydrogens is 355 g/mol. The van der Waals surface area contributed by atoms with Crippen LogP contribution in [0, 0.1) is 0 Å². The molecule has 0 aliphatic carbocycles. The van der Waals surface area contributed by atoms with Gasteiger partial charge in [-0.15, -0.1) is 36.2 Å². The van der Waals surface area contributed by atoms with Crippen molar-refractivity contribution in [3.05, 3.63) is 35.5 Å². The molecule has 1 amide bonds. The Morgan fingerprint density at radius 2 is 2.17 bits per heavy atom. The monoisotopic (exact) mass is 374 g/mol. The third kappa shape index (κ3) is 5.14. The number of nitrogens with zero attached hydrogens (tertiary/aromatic N) is 2. The number of amides is 1. The summed E-state index contributed by atoms with van der Waals surface area (Å²) in [6.07, 6.45) is 5.31. The van der Waals surface area contributed by atoms with Crippen LogP contribution in [-0.4, -0.2) is 34.5 Å². The summed E-state index contributed by atoms with van der Waals surface area (Å²) in [6, 6.07) is 6.38. The van der Waals surface area contributed by atoms with E-state index in [1.165, 1.54) is 11.3 Å². The van der Waals surface area contributed by atoms with Gasteiger partial charge in [0.15, 0.2) is 0 Å². The Balaban J connectivity index is 0.00000132. The highest BCUT2D eigenvalue weighted by molar-refractivity contribution is 7.16. The number of piperidine rings is 1. The molecule has 0 spiro atoms. The van der Waals surface area contributed by atoms with Gasteiger partial charge in [0.05, 0.1) is 11.9 Å². The van der Waals surface area contributed by atoms with Gasteiger partial charge in [-0.3, -0.25) is 9.78 Å². The number of nitrogens with one attached hydrogen (secondary N) is 2. The van der Waals surface area contributed by atoms with Crippen molar-refractivity contribution in [2.24, 2.45) is 0 Å². The van der Waals surface area contributed by atoms with Crippen LogP contribution in [0.2, 0.25) is 0 Å². The Morgan fingerprint density at radius 3 is 2.87 bits per heavy atom. The maximum Gasteiger partial charge on any atom is 0.263 e. The number of carbonyl (C=O) groups excluding carboxylic acids is 1. The summed E-state index contributed by atoms with van der Waals surface area (Å²) >= 11 is 1.38. The van der Waals surface area contributed by atoms with E-state index in [0.717, 1.165) is 30.1 Å². The number of hydrogen-bond acceptors (Lipinski definition) is 5. The van der Waals surface area contributed by atoms with E-state index in [9.17, 15) is 4.79 Å². The molecule has 1 saturated heterocycles. The molecule has 3 rings (SSSR count). The summed E-state index contributed by atoms with van der Waals surface area (Å²) in [4.78, 5) is 21.5. The molecule has 2 unspecified atom stereocenters. The van der Waals surface area contributed by atoms with E-state index in [-0.39, 0.29) is 36.8 Å². The van der Waals surface area contributed by atoms with Crippen LogP contribution < -0.4 is 10.6 Å². The molecule has 0 bridgehead atoms. The molecule has 2 N–H and O–H groups in total. The molecule has 2 aromatic rings. The molecule has 3 heterocycles. The zero-order valence-corrected chi connectivity index (χ0v) is 15.1. The normalized spacial score (nSPS) is 20.0. The predicted octanol–water partition coefficient (Wildman–Crippen LogP) is 2.92. The lowest BCUT2D eigenvalue weighted by molar-refractivity contribution is 0.0929. The van der Waals surface area contributed by atoms with Crippen molar-refractivity contribution in [1.82, 2.24) is 20.6 Å². The summed E-state index contributed by atoms with van der Waals surface area (Å²) < 4.78 is 0. The largest absolute Gasteiger partial charge is 0.348 e. The van der Waals surface area contributed by atoms with Crippen LogP contribution >= 0.6 is 36.2 Å². The zero-order valence-electron chi connectivity index (χ0n) is 12.7. The second kappa shape index (κ2) is 9.17. The van der Waals surface area contributed by atoms with Crippen molar-refractivity contribution < 1.29 is 4.79 Å². The second-order valence-electron chi connectivity index (χ2n) is 5.29. The van der Waals surface area contributed by atoms with Crippen LogP contribution in [0.25, 0.3) is 10.7 Å². The minimum absolute atomic E-state index is 0. The first-order valence-electron chi connectivity index (χ1n) is 7.14. The molecule has 2 atom stereocenters. The average Bonchev–Trinajstić information content (AvgIpc) is 2.98. The first-order chi connectivity index (χ1) is 10.2. The maximum atomic E-state index is 12.3. The van der Waals surface area contributed by atoms with Gasteiger partial charge >= 0.3 is 0 Å². The SMILES string of the molecule is CC1CC(NC(=O)c2cnc(-c3ccccn3)s2)CCN1.Cl.Cl. The number of thiazole rings is 1. The van der Waals surface area contributed by atoms with Gasteiger partial charge in [0.2, 0.25) is 0 Å². The standard InChI is InChI=1S/C15H18N4OS.2ClH/c1-10-8-11(5-7-16-10)19-14(20)13-9-18-15(21-13)12-4-2-3-6-17-12;;/h2-4,6,9-11,16H,5,7-8H2,1H3,(H,19,20);2*1H. The Kier molecular flexibility index (Phi) is 7.91. The van der Waals surface area contributed by atoms with E-state index in [0.29, 0.717) is 10.9 Å². The van der Waals surface area contributed by atoms with Gasteiger partial charge in [-0.2, -0.15) is 0 Å². The molecule has 126 valence electrons. The topological polar surface area (TPSA) is 66.9 Å². The van der Waals surface area contributed by atoms with E-state index in [1.807, 2.05) is 18.2 Å². The Labute approximate surface area is 152 Å². The minimum Gasteiger partial charge on any atom is -0.348 e. The van der Waals surface area contributed by atoms with Gasteiger partial charge in [-0.25, -0.2) is 4.98 Å². The lowest BCUT2D eigenvalue weighted by Crippen LogP contribution is -2.46. The smallest absolute Gasteiger partial charge is 0.263 e. The molecule has 0 aromatic carbocycles. The van der Waals surface area contributed by atoms with Gasteiger partial charge < -0.3 is 10.6 Å². The maximum absolute atomic E-state index is 12.3. The van der Waals surface area contributed by atoms with Crippen molar-refractivity contribution in [1.29, 1.82) is 0 Å². The Morgan fingerprint density at radius 1 is 1.35 bits per heavy atom. The molecule has 0 saturated carbocycles. The fraction of sp³-hybridized carbons (Fsp3) is 0.400. The summed E-state index contributed by atoms with van der Waals surface area (Å²) in [6.45, 7) is 3.10. The van der Waals surface area contributed by atoms with Gasteiger partial charge in [-0.05, 0) is 38.4 Å². The number of pyridine rings is 1. The van der Waals surface area contributed by atoms with Gasteiger partial charge in [0.1, 0.15) is 9.88 Å². The first kappa shape index (κ1) is 19.8. The van der Waals surface area contributed by atoms with Crippen LogP contribution in [0.3, 0.4) is 0 Å². The summed E-state index contributed by atoms with van der Waals surface area (Å²) in [5, 5.41) is 7.26.